The third-order valence-corrected chi connectivity index (χ3v) is 2.59. The minimum atomic E-state index is -0.578. The number of amides is 1. The van der Waals surface area contributed by atoms with E-state index in [2.05, 4.69) is 16.4 Å². The van der Waals surface area contributed by atoms with Crippen molar-refractivity contribution >= 4 is 11.7 Å². The van der Waals surface area contributed by atoms with Gasteiger partial charge in [0.15, 0.2) is 0 Å². The van der Waals surface area contributed by atoms with Gasteiger partial charge in [0.2, 0.25) is 0 Å². The van der Waals surface area contributed by atoms with Gasteiger partial charge in [-0.3, -0.25) is 4.79 Å². The second-order valence-corrected chi connectivity index (χ2v) is 3.96. The highest BCUT2D eigenvalue weighted by Gasteiger charge is 2.07. The molecule has 91 valence electrons. The normalized spacial score (nSPS) is 11.8. The highest BCUT2D eigenvalue weighted by Crippen LogP contribution is 2.17. The predicted molar refractivity (Wildman–Crippen MR) is 70.1 cm³/mol. The summed E-state index contributed by atoms with van der Waals surface area (Å²) in [6.07, 6.45) is 0. The number of nitrogens with zero attached hydrogens (tertiary/aromatic N) is 1. The summed E-state index contributed by atoms with van der Waals surface area (Å²) in [5.41, 5.74) is 6.45. The van der Waals surface area contributed by atoms with Crippen LogP contribution in [0.15, 0.2) is 42.5 Å². The quantitative estimate of drug-likeness (QED) is 0.860. The van der Waals surface area contributed by atoms with Crippen molar-refractivity contribution in [3.8, 4) is 0 Å². The Labute approximate surface area is 106 Å². The Morgan fingerprint density at radius 1 is 1.33 bits per heavy atom. The lowest BCUT2D eigenvalue weighted by molar-refractivity contribution is 0.0995. The molecule has 4 heteroatoms. The molecule has 1 aromatic carbocycles. The van der Waals surface area contributed by atoms with Gasteiger partial charge in [0, 0.05) is 12.1 Å². The molecule has 4 nitrogen and oxygen atoms in total. The summed E-state index contributed by atoms with van der Waals surface area (Å²) >= 11 is 0. The molecular formula is C14H14N3O. The van der Waals surface area contributed by atoms with Gasteiger partial charge in [-0.15, -0.1) is 0 Å². The summed E-state index contributed by atoms with van der Waals surface area (Å²) in [4.78, 5) is 15.1. The zero-order valence-electron chi connectivity index (χ0n) is 10.1. The highest BCUT2D eigenvalue weighted by atomic mass is 16.1. The number of carbonyl (C=O) groups excluding carboxylic acids is 1. The van der Waals surface area contributed by atoms with Crippen molar-refractivity contribution in [1.29, 1.82) is 0 Å². The summed E-state index contributed by atoms with van der Waals surface area (Å²) in [7, 11) is 0. The number of pyridine rings is 1. The first-order valence-electron chi connectivity index (χ1n) is 5.67. The summed E-state index contributed by atoms with van der Waals surface area (Å²) < 4.78 is 0. The summed E-state index contributed by atoms with van der Waals surface area (Å²) in [5.74, 6) is 0.0323. The number of rotatable bonds is 4. The maximum atomic E-state index is 11.0. The van der Waals surface area contributed by atoms with E-state index in [0.29, 0.717) is 5.82 Å². The molecule has 0 saturated heterocycles. The molecule has 0 aliphatic heterocycles. The van der Waals surface area contributed by atoms with Crippen LogP contribution in [-0.4, -0.2) is 10.9 Å². The molecule has 1 atom stereocenters. The molecule has 0 spiro atoms. The monoisotopic (exact) mass is 240 g/mol. The number of benzene rings is 1. The van der Waals surface area contributed by atoms with Crippen LogP contribution in [0.4, 0.5) is 5.82 Å². The molecule has 3 N–H and O–H groups in total. The van der Waals surface area contributed by atoms with E-state index < -0.39 is 5.91 Å². The van der Waals surface area contributed by atoms with E-state index in [9.17, 15) is 4.79 Å². The molecule has 18 heavy (non-hydrogen) atoms. The van der Waals surface area contributed by atoms with E-state index in [0.717, 1.165) is 5.56 Å². The second kappa shape index (κ2) is 5.31. The van der Waals surface area contributed by atoms with Crippen molar-refractivity contribution in [2.24, 2.45) is 5.73 Å². The fraction of sp³-hybridized carbons (Fsp3) is 0.143. The lowest BCUT2D eigenvalue weighted by Crippen LogP contribution is -2.15. The standard InChI is InChI=1S/C14H14N3O/c1-10(11-6-3-2-4-7-11)16-13-9-5-8-12(17-13)14(15)18/h2-7,9-10H,1H3,(H2,15,18)(H,16,17)/t10-/m1/s1. The number of nitrogens with two attached hydrogens (primary N) is 1. The first-order chi connectivity index (χ1) is 8.66. The Balaban J connectivity index is 2.14. The van der Waals surface area contributed by atoms with Crippen LogP contribution in [0.1, 0.15) is 29.0 Å². The van der Waals surface area contributed by atoms with Gasteiger partial charge < -0.3 is 11.1 Å². The Bertz CT molecular complexity index is 540. The van der Waals surface area contributed by atoms with Crippen molar-refractivity contribution in [3.63, 3.8) is 0 Å². The lowest BCUT2D eigenvalue weighted by atomic mass is 10.1. The van der Waals surface area contributed by atoms with Crippen molar-refractivity contribution in [1.82, 2.24) is 4.98 Å². The van der Waals surface area contributed by atoms with E-state index in [1.165, 1.54) is 0 Å². The highest BCUT2D eigenvalue weighted by molar-refractivity contribution is 5.90. The van der Waals surface area contributed by atoms with Crippen LogP contribution in [0, 0.1) is 6.07 Å². The van der Waals surface area contributed by atoms with E-state index >= 15 is 0 Å². The molecule has 0 aliphatic carbocycles. The zero-order chi connectivity index (χ0) is 13.0. The molecule has 0 aliphatic rings. The smallest absolute Gasteiger partial charge is 0.268 e. The Morgan fingerprint density at radius 2 is 2.06 bits per heavy atom. The molecule has 1 radical (unpaired) electrons. The third-order valence-electron chi connectivity index (χ3n) is 2.59. The summed E-state index contributed by atoms with van der Waals surface area (Å²) in [6, 6.07) is 16.2. The SMILES string of the molecule is C[C@@H](Nc1cc[c]c(C(N)=O)n1)c1ccccc1. The minimum Gasteiger partial charge on any atom is -0.364 e. The maximum absolute atomic E-state index is 11.0. The van der Waals surface area contributed by atoms with Crippen molar-refractivity contribution in [2.45, 2.75) is 13.0 Å². The first-order valence-corrected chi connectivity index (χ1v) is 5.67. The first kappa shape index (κ1) is 12.1. The van der Waals surface area contributed by atoms with Gasteiger partial charge in [-0.25, -0.2) is 4.98 Å². The number of primary amides is 1. The van der Waals surface area contributed by atoms with Crippen LogP contribution >= 0.6 is 0 Å². The van der Waals surface area contributed by atoms with Gasteiger partial charge in [-0.05, 0) is 24.6 Å². The summed E-state index contributed by atoms with van der Waals surface area (Å²) in [6.45, 7) is 2.03. The topological polar surface area (TPSA) is 68.0 Å². The van der Waals surface area contributed by atoms with Crippen molar-refractivity contribution in [2.75, 3.05) is 5.32 Å². The molecule has 2 aromatic rings. The van der Waals surface area contributed by atoms with E-state index in [1.807, 2.05) is 37.3 Å². The van der Waals surface area contributed by atoms with Gasteiger partial charge in [-0.1, -0.05) is 30.3 Å². The summed E-state index contributed by atoms with van der Waals surface area (Å²) in [5, 5.41) is 3.21. The Hall–Kier alpha value is -2.36. The number of nitrogens with one attached hydrogen (secondary N) is 1. The van der Waals surface area contributed by atoms with Crippen LogP contribution < -0.4 is 11.1 Å². The molecule has 0 unspecified atom stereocenters. The fourth-order valence-electron chi connectivity index (χ4n) is 1.64. The Morgan fingerprint density at radius 3 is 2.72 bits per heavy atom. The average Bonchev–Trinajstić information content (AvgIpc) is 2.40. The fourth-order valence-corrected chi connectivity index (χ4v) is 1.64. The molecule has 0 bridgehead atoms. The van der Waals surface area contributed by atoms with Crippen molar-refractivity contribution in [3.05, 3.63) is 59.8 Å². The molecule has 1 amide bonds. The van der Waals surface area contributed by atoms with Crippen LogP contribution in [0.3, 0.4) is 0 Å². The largest absolute Gasteiger partial charge is 0.364 e. The van der Waals surface area contributed by atoms with Gasteiger partial charge in [-0.2, -0.15) is 0 Å². The van der Waals surface area contributed by atoms with Crippen LogP contribution in [0.2, 0.25) is 0 Å². The van der Waals surface area contributed by atoms with Crippen LogP contribution in [0.25, 0.3) is 0 Å². The van der Waals surface area contributed by atoms with Crippen molar-refractivity contribution < 1.29 is 4.79 Å². The van der Waals surface area contributed by atoms with Gasteiger partial charge >= 0.3 is 0 Å². The van der Waals surface area contributed by atoms with Gasteiger partial charge in [0.25, 0.3) is 5.91 Å². The lowest BCUT2D eigenvalue weighted by Gasteiger charge is -2.14. The minimum absolute atomic E-state index is 0.0989. The third kappa shape index (κ3) is 2.85. The predicted octanol–water partition coefficient (Wildman–Crippen LogP) is 2.15. The van der Waals surface area contributed by atoms with E-state index in [4.69, 9.17) is 5.73 Å². The molecule has 0 saturated carbocycles. The number of aromatic nitrogens is 1. The molecular weight excluding hydrogens is 226 g/mol. The molecule has 0 fully saturated rings. The average molecular weight is 240 g/mol. The number of anilines is 1. The molecule has 1 aromatic heterocycles. The van der Waals surface area contributed by atoms with E-state index in [1.54, 1.807) is 12.1 Å². The van der Waals surface area contributed by atoms with Crippen LogP contribution in [0.5, 0.6) is 0 Å². The number of hydrogen-bond donors (Lipinski definition) is 2. The van der Waals surface area contributed by atoms with E-state index in [-0.39, 0.29) is 11.7 Å². The van der Waals surface area contributed by atoms with Gasteiger partial charge in [0.1, 0.15) is 11.5 Å². The maximum Gasteiger partial charge on any atom is 0.268 e. The van der Waals surface area contributed by atoms with Gasteiger partial charge in [0.05, 0.1) is 0 Å². The van der Waals surface area contributed by atoms with Crippen LogP contribution in [-0.2, 0) is 0 Å². The molecule has 1 heterocycles. The second-order valence-electron chi connectivity index (χ2n) is 3.96. The zero-order valence-corrected chi connectivity index (χ0v) is 10.1. The molecule has 2 rings (SSSR count). The number of hydrogen-bond acceptors (Lipinski definition) is 3. The Kier molecular flexibility index (Phi) is 3.57. The number of carbonyl (C=O) groups is 1.